The van der Waals surface area contributed by atoms with Gasteiger partial charge in [-0.3, -0.25) is 9.47 Å². The predicted molar refractivity (Wildman–Crippen MR) is 131 cm³/mol. The van der Waals surface area contributed by atoms with Crippen LogP contribution < -0.4 is 0 Å². The fourth-order valence-electron chi connectivity index (χ4n) is 5.35. The van der Waals surface area contributed by atoms with Crippen molar-refractivity contribution in [2.45, 2.75) is 66.7 Å². The van der Waals surface area contributed by atoms with Crippen LogP contribution in [0.25, 0.3) is 0 Å². The summed E-state index contributed by atoms with van der Waals surface area (Å²) in [6, 6.07) is 8.66. The largest absolute Gasteiger partial charge is 0.508 e. The van der Waals surface area contributed by atoms with Crippen LogP contribution in [0.1, 0.15) is 64.8 Å². The highest BCUT2D eigenvalue weighted by molar-refractivity contribution is 5.38. The lowest BCUT2D eigenvalue weighted by molar-refractivity contribution is 0.0306. The number of phenolic OH excluding ortho intramolecular Hbond substituents is 1. The first kappa shape index (κ1) is 25.2. The molecule has 6 nitrogen and oxygen atoms in total. The van der Waals surface area contributed by atoms with Crippen molar-refractivity contribution in [1.82, 2.24) is 9.47 Å². The number of allylic oxidation sites excluding steroid dienone is 1. The Kier molecular flexibility index (Phi) is 7.49. The van der Waals surface area contributed by atoms with Gasteiger partial charge in [0.2, 0.25) is 0 Å². The van der Waals surface area contributed by atoms with Crippen molar-refractivity contribution >= 4 is 0 Å². The Morgan fingerprint density at radius 3 is 2.36 bits per heavy atom. The van der Waals surface area contributed by atoms with Crippen molar-refractivity contribution in [2.24, 2.45) is 10.8 Å². The SMILES string of the molecule is C=C(Cc1cc(O)n(CCN2CCOC2c2ccc(O)cc2)c1O)CC(C)(C)CC(C)(C)C. The molecular weight excluding hydrogens is 416 g/mol. The molecule has 0 amide bonds. The number of benzene rings is 1. The number of nitrogens with zero attached hydrogens (tertiary/aromatic N) is 2. The molecule has 0 spiro atoms. The Labute approximate surface area is 198 Å². The topological polar surface area (TPSA) is 78.1 Å². The molecule has 3 rings (SSSR count). The number of phenols is 1. The number of aromatic nitrogens is 1. The first-order chi connectivity index (χ1) is 15.3. The van der Waals surface area contributed by atoms with Crippen molar-refractivity contribution in [3.63, 3.8) is 0 Å². The van der Waals surface area contributed by atoms with Gasteiger partial charge in [-0.05, 0) is 47.8 Å². The minimum Gasteiger partial charge on any atom is -0.508 e. The van der Waals surface area contributed by atoms with E-state index in [2.05, 4.69) is 46.1 Å². The van der Waals surface area contributed by atoms with E-state index in [1.165, 1.54) is 0 Å². The van der Waals surface area contributed by atoms with E-state index in [0.717, 1.165) is 30.5 Å². The van der Waals surface area contributed by atoms with Gasteiger partial charge < -0.3 is 20.1 Å². The fraction of sp³-hybridized carbons (Fsp3) is 0.556. The third-order valence-corrected chi connectivity index (χ3v) is 6.08. The predicted octanol–water partition coefficient (Wildman–Crippen LogP) is 5.59. The van der Waals surface area contributed by atoms with Crippen LogP contribution in [0.5, 0.6) is 17.5 Å². The zero-order chi connectivity index (χ0) is 24.4. The maximum absolute atomic E-state index is 10.8. The van der Waals surface area contributed by atoms with E-state index in [9.17, 15) is 15.3 Å². The standard InChI is InChI=1S/C27H40N2O4/c1-19(17-27(5,6)18-26(2,3)4)15-21-16-23(31)29(24(21)32)12-11-28-13-14-33-25(28)20-7-9-22(30)10-8-20/h7-10,16,25,30-32H,1,11-15,17-18H2,2-6H3. The van der Waals surface area contributed by atoms with Crippen molar-refractivity contribution in [3.05, 3.63) is 53.6 Å². The highest BCUT2D eigenvalue weighted by Gasteiger charge is 2.28. The van der Waals surface area contributed by atoms with E-state index in [1.807, 2.05) is 12.1 Å². The first-order valence-corrected chi connectivity index (χ1v) is 11.8. The Morgan fingerprint density at radius 2 is 1.73 bits per heavy atom. The molecule has 1 saturated heterocycles. The van der Waals surface area contributed by atoms with Gasteiger partial charge in [-0.2, -0.15) is 0 Å². The smallest absolute Gasteiger partial charge is 0.197 e. The van der Waals surface area contributed by atoms with Gasteiger partial charge in [-0.15, -0.1) is 0 Å². The molecule has 1 atom stereocenters. The number of aromatic hydroxyl groups is 3. The molecular formula is C27H40N2O4. The molecule has 6 heteroatoms. The first-order valence-electron chi connectivity index (χ1n) is 11.8. The van der Waals surface area contributed by atoms with Crippen molar-refractivity contribution < 1.29 is 20.1 Å². The Balaban J connectivity index is 1.62. The highest BCUT2D eigenvalue weighted by Crippen LogP contribution is 2.39. The quantitative estimate of drug-likeness (QED) is 0.429. The molecule has 2 aromatic rings. The van der Waals surface area contributed by atoms with Crippen LogP contribution in [0, 0.1) is 10.8 Å². The lowest BCUT2D eigenvalue weighted by Crippen LogP contribution is -2.27. The molecule has 1 aliphatic rings. The zero-order valence-electron chi connectivity index (χ0n) is 20.8. The van der Waals surface area contributed by atoms with Gasteiger partial charge in [0.1, 0.15) is 12.0 Å². The monoisotopic (exact) mass is 456 g/mol. The molecule has 1 aliphatic heterocycles. The van der Waals surface area contributed by atoms with Gasteiger partial charge in [-0.1, -0.05) is 58.9 Å². The highest BCUT2D eigenvalue weighted by atomic mass is 16.5. The maximum atomic E-state index is 10.8. The number of hydrogen-bond acceptors (Lipinski definition) is 5. The molecule has 0 aliphatic carbocycles. The van der Waals surface area contributed by atoms with Gasteiger partial charge in [0.25, 0.3) is 0 Å². The lowest BCUT2D eigenvalue weighted by atomic mass is 9.73. The van der Waals surface area contributed by atoms with Crippen molar-refractivity contribution in [3.8, 4) is 17.5 Å². The molecule has 0 radical (unpaired) electrons. The van der Waals surface area contributed by atoms with Crippen LogP contribution in [-0.4, -0.2) is 44.5 Å². The van der Waals surface area contributed by atoms with Crippen LogP contribution >= 0.6 is 0 Å². The van der Waals surface area contributed by atoms with E-state index in [-0.39, 0.29) is 34.6 Å². The summed E-state index contributed by atoms with van der Waals surface area (Å²) in [6.45, 7) is 18.0. The average Bonchev–Trinajstić information content (AvgIpc) is 3.23. The minimum absolute atomic E-state index is 0.0607. The summed E-state index contributed by atoms with van der Waals surface area (Å²) >= 11 is 0. The molecule has 0 saturated carbocycles. The van der Waals surface area contributed by atoms with E-state index in [4.69, 9.17) is 4.74 Å². The second-order valence-corrected chi connectivity index (χ2v) is 11.4. The second-order valence-electron chi connectivity index (χ2n) is 11.4. The molecule has 1 unspecified atom stereocenters. The Bertz CT molecular complexity index is 954. The molecule has 2 heterocycles. The number of hydrogen-bond donors (Lipinski definition) is 3. The van der Waals surface area contributed by atoms with Crippen molar-refractivity contribution in [1.29, 1.82) is 0 Å². The molecule has 1 aromatic carbocycles. The second kappa shape index (κ2) is 9.82. The third kappa shape index (κ3) is 6.78. The van der Waals surface area contributed by atoms with Gasteiger partial charge in [-0.25, -0.2) is 0 Å². The van der Waals surface area contributed by atoms with Crippen molar-refractivity contribution in [2.75, 3.05) is 19.7 Å². The van der Waals surface area contributed by atoms with Gasteiger partial charge in [0.05, 0.1) is 6.61 Å². The molecule has 1 aromatic heterocycles. The summed E-state index contributed by atoms with van der Waals surface area (Å²) in [5.41, 5.74) is 3.09. The molecule has 3 N–H and O–H groups in total. The van der Waals surface area contributed by atoms with Crippen LogP contribution in [0.2, 0.25) is 0 Å². The average molecular weight is 457 g/mol. The third-order valence-electron chi connectivity index (χ3n) is 6.08. The van der Waals surface area contributed by atoms with E-state index in [1.54, 1.807) is 22.8 Å². The summed E-state index contributed by atoms with van der Waals surface area (Å²) in [6.07, 6.45) is 2.30. The van der Waals surface area contributed by atoms with E-state index >= 15 is 0 Å². The molecule has 33 heavy (non-hydrogen) atoms. The van der Waals surface area contributed by atoms with E-state index < -0.39 is 0 Å². The van der Waals surface area contributed by atoms with E-state index in [0.29, 0.717) is 31.7 Å². The number of ether oxygens (including phenoxy) is 1. The lowest BCUT2D eigenvalue weighted by Gasteiger charge is -2.33. The molecule has 182 valence electrons. The normalized spacial score (nSPS) is 17.5. The van der Waals surface area contributed by atoms with Gasteiger partial charge >= 0.3 is 0 Å². The fourth-order valence-corrected chi connectivity index (χ4v) is 5.35. The van der Waals surface area contributed by atoms with Crippen LogP contribution in [0.4, 0.5) is 0 Å². The molecule has 0 bridgehead atoms. The number of rotatable bonds is 9. The summed E-state index contributed by atoms with van der Waals surface area (Å²) in [7, 11) is 0. The zero-order valence-corrected chi connectivity index (χ0v) is 20.8. The van der Waals surface area contributed by atoms with Gasteiger partial charge in [0, 0.05) is 31.3 Å². The maximum Gasteiger partial charge on any atom is 0.197 e. The van der Waals surface area contributed by atoms with Crippen LogP contribution in [0.15, 0.2) is 42.5 Å². The van der Waals surface area contributed by atoms with Crippen LogP contribution in [-0.2, 0) is 17.7 Å². The minimum atomic E-state index is -0.199. The Morgan fingerprint density at radius 1 is 1.06 bits per heavy atom. The molecule has 1 fully saturated rings. The van der Waals surface area contributed by atoms with Gasteiger partial charge in [0.15, 0.2) is 11.8 Å². The summed E-state index contributed by atoms with van der Waals surface area (Å²) in [4.78, 5) is 2.17. The summed E-state index contributed by atoms with van der Waals surface area (Å²) in [5.74, 6) is 0.385. The summed E-state index contributed by atoms with van der Waals surface area (Å²) in [5, 5.41) is 30.8. The van der Waals surface area contributed by atoms with Crippen LogP contribution in [0.3, 0.4) is 0 Å². The summed E-state index contributed by atoms with van der Waals surface area (Å²) < 4.78 is 7.43. The Hall–Kier alpha value is -2.44.